The van der Waals surface area contributed by atoms with Gasteiger partial charge in [-0.1, -0.05) is 0 Å². The summed E-state index contributed by atoms with van der Waals surface area (Å²) < 4.78 is 4.75. The van der Waals surface area contributed by atoms with Crippen LogP contribution in [0.3, 0.4) is 0 Å². The number of hydrogen-bond donors (Lipinski definition) is 2. The van der Waals surface area contributed by atoms with E-state index >= 15 is 0 Å². The molecular weight excluding hydrogens is 284 g/mol. The maximum absolute atomic E-state index is 12.6. The van der Waals surface area contributed by atoms with Gasteiger partial charge >= 0.3 is 5.97 Å². The summed E-state index contributed by atoms with van der Waals surface area (Å²) in [5.41, 5.74) is 0.829. The van der Waals surface area contributed by atoms with E-state index < -0.39 is 11.5 Å². The van der Waals surface area contributed by atoms with Gasteiger partial charge in [0.1, 0.15) is 11.8 Å². The van der Waals surface area contributed by atoms with Gasteiger partial charge < -0.3 is 20.1 Å². The maximum atomic E-state index is 12.6. The van der Waals surface area contributed by atoms with Crippen molar-refractivity contribution in [3.05, 3.63) is 23.8 Å². The number of rotatable bonds is 5. The number of phenols is 1. The van der Waals surface area contributed by atoms with Crippen LogP contribution in [0.4, 0.5) is 5.69 Å². The first kappa shape index (κ1) is 16.3. The van der Waals surface area contributed by atoms with Crippen molar-refractivity contribution in [3.8, 4) is 5.75 Å². The summed E-state index contributed by atoms with van der Waals surface area (Å²) in [6.45, 7) is 1.85. The number of nitrogens with one attached hydrogen (secondary N) is 1. The van der Waals surface area contributed by atoms with Crippen molar-refractivity contribution in [2.24, 2.45) is 0 Å². The quantitative estimate of drug-likeness (QED) is 0.798. The van der Waals surface area contributed by atoms with Crippen molar-refractivity contribution < 1.29 is 19.4 Å². The molecule has 0 spiro atoms. The Labute approximate surface area is 130 Å². The van der Waals surface area contributed by atoms with E-state index in [1.807, 2.05) is 6.92 Å². The molecule has 1 aliphatic rings. The number of phenolic OH excluding ortho intramolecular Hbond substituents is 1. The normalized spacial score (nSPS) is 21.6. The summed E-state index contributed by atoms with van der Waals surface area (Å²) in [5, 5.41) is 12.6. The Balaban J connectivity index is 2.28. The highest BCUT2D eigenvalue weighted by atomic mass is 16.5. The summed E-state index contributed by atoms with van der Waals surface area (Å²) >= 11 is 0. The monoisotopic (exact) mass is 306 g/mol. The third kappa shape index (κ3) is 2.54. The molecule has 2 N–H and O–H groups in total. The van der Waals surface area contributed by atoms with Crippen LogP contribution in [0.25, 0.3) is 0 Å². The smallest absolute Gasteiger partial charge is 0.322 e. The topological polar surface area (TPSA) is 78.9 Å². The van der Waals surface area contributed by atoms with Gasteiger partial charge in [0.05, 0.1) is 12.5 Å². The molecule has 0 saturated carbocycles. The Kier molecular flexibility index (Phi) is 4.42. The number of aromatic hydroxyl groups is 1. The zero-order chi connectivity index (χ0) is 16.5. The van der Waals surface area contributed by atoms with Crippen molar-refractivity contribution in [1.29, 1.82) is 0 Å². The summed E-state index contributed by atoms with van der Waals surface area (Å²) in [6.07, 6.45) is 0.946. The van der Waals surface area contributed by atoms with E-state index in [9.17, 15) is 14.7 Å². The number of carbonyl (C=O) groups is 2. The highest BCUT2D eigenvalue weighted by molar-refractivity contribution is 6.07. The van der Waals surface area contributed by atoms with E-state index in [4.69, 9.17) is 4.74 Å². The zero-order valence-electron chi connectivity index (χ0n) is 13.3. The second-order valence-corrected chi connectivity index (χ2v) is 5.80. The average molecular weight is 306 g/mol. The third-order valence-electron chi connectivity index (χ3n) is 4.48. The number of likely N-dealkylation sites (N-methyl/N-ethyl adjacent to an activating group) is 2. The third-order valence-corrected chi connectivity index (χ3v) is 4.48. The van der Waals surface area contributed by atoms with Gasteiger partial charge in [-0.2, -0.15) is 0 Å². The second-order valence-electron chi connectivity index (χ2n) is 5.80. The Morgan fingerprint density at radius 3 is 2.77 bits per heavy atom. The molecule has 22 heavy (non-hydrogen) atoms. The van der Waals surface area contributed by atoms with Gasteiger partial charge in [-0.05, 0) is 50.6 Å². The number of amides is 1. The standard InChI is InChI=1S/C16H22N2O4/c1-16(8-7-12(17-2)14(20)22-4)11-9-10(19)5-6-13(11)18(3)15(16)21/h5-6,9,12,17,19H,7-8H2,1-4H3/t12-,16+/m0/s1. The Bertz CT molecular complexity index is 602. The molecular formula is C16H22N2O4. The van der Waals surface area contributed by atoms with Crippen LogP contribution in [0.2, 0.25) is 0 Å². The number of benzene rings is 1. The summed E-state index contributed by atoms with van der Waals surface area (Å²) in [5.74, 6) is -0.250. The van der Waals surface area contributed by atoms with Crippen molar-refractivity contribution in [2.45, 2.75) is 31.2 Å². The molecule has 0 saturated heterocycles. The molecule has 6 nitrogen and oxygen atoms in total. The summed E-state index contributed by atoms with van der Waals surface area (Å²) in [6, 6.07) is 4.48. The first-order valence-electron chi connectivity index (χ1n) is 7.22. The molecule has 0 radical (unpaired) electrons. The van der Waals surface area contributed by atoms with Gasteiger partial charge in [-0.25, -0.2) is 0 Å². The fourth-order valence-electron chi connectivity index (χ4n) is 3.05. The van der Waals surface area contributed by atoms with Gasteiger partial charge in [-0.3, -0.25) is 9.59 Å². The predicted octanol–water partition coefficient (Wildman–Crippen LogP) is 1.17. The van der Waals surface area contributed by atoms with E-state index in [2.05, 4.69) is 5.32 Å². The van der Waals surface area contributed by atoms with Gasteiger partial charge in [0.2, 0.25) is 5.91 Å². The largest absolute Gasteiger partial charge is 0.508 e. The molecule has 2 atom stereocenters. The maximum Gasteiger partial charge on any atom is 0.322 e. The van der Waals surface area contributed by atoms with Gasteiger partial charge in [0.15, 0.2) is 0 Å². The number of esters is 1. The molecule has 0 aromatic heterocycles. The number of hydrogen-bond acceptors (Lipinski definition) is 5. The molecule has 1 aromatic rings. The van der Waals surface area contributed by atoms with Crippen molar-refractivity contribution in [3.63, 3.8) is 0 Å². The number of ether oxygens (including phenoxy) is 1. The van der Waals surface area contributed by atoms with Crippen LogP contribution < -0.4 is 10.2 Å². The minimum atomic E-state index is -0.758. The molecule has 0 bridgehead atoms. The van der Waals surface area contributed by atoms with E-state index in [-0.39, 0.29) is 17.6 Å². The highest BCUT2D eigenvalue weighted by Gasteiger charge is 2.46. The van der Waals surface area contributed by atoms with Crippen LogP contribution in [-0.2, 0) is 19.7 Å². The molecule has 6 heteroatoms. The molecule has 1 heterocycles. The fraction of sp³-hybridized carbons (Fsp3) is 0.500. The van der Waals surface area contributed by atoms with E-state index in [0.717, 1.165) is 11.3 Å². The Morgan fingerprint density at radius 2 is 2.18 bits per heavy atom. The Hall–Kier alpha value is -2.08. The Morgan fingerprint density at radius 1 is 1.50 bits per heavy atom. The summed E-state index contributed by atoms with van der Waals surface area (Å²) in [7, 11) is 4.75. The van der Waals surface area contributed by atoms with E-state index in [0.29, 0.717) is 12.8 Å². The minimum Gasteiger partial charge on any atom is -0.508 e. The molecule has 0 unspecified atom stereocenters. The SMILES string of the molecule is CN[C@@H](CC[C@@]1(C)C(=O)N(C)c2ccc(O)cc21)C(=O)OC. The molecule has 1 aliphatic heterocycles. The number of carbonyl (C=O) groups excluding carboxylic acids is 2. The van der Waals surface area contributed by atoms with Crippen molar-refractivity contribution >= 4 is 17.6 Å². The molecule has 2 rings (SSSR count). The van der Waals surface area contributed by atoms with Crippen LogP contribution in [0.5, 0.6) is 5.75 Å². The first-order valence-corrected chi connectivity index (χ1v) is 7.22. The first-order chi connectivity index (χ1) is 10.3. The molecule has 0 aliphatic carbocycles. The fourth-order valence-corrected chi connectivity index (χ4v) is 3.05. The highest BCUT2D eigenvalue weighted by Crippen LogP contribution is 2.45. The van der Waals surface area contributed by atoms with Gasteiger partial charge in [0, 0.05) is 12.7 Å². The van der Waals surface area contributed by atoms with Crippen LogP contribution in [0, 0.1) is 0 Å². The van der Waals surface area contributed by atoms with Gasteiger partial charge in [-0.15, -0.1) is 0 Å². The predicted molar refractivity (Wildman–Crippen MR) is 83.0 cm³/mol. The second kappa shape index (κ2) is 5.96. The lowest BCUT2D eigenvalue weighted by molar-refractivity contribution is -0.143. The number of methoxy groups -OCH3 is 1. The van der Waals surface area contributed by atoms with Gasteiger partial charge in [0.25, 0.3) is 0 Å². The molecule has 1 amide bonds. The molecule has 1 aromatic carbocycles. The lowest BCUT2D eigenvalue weighted by atomic mass is 9.78. The molecule has 0 fully saturated rings. The van der Waals surface area contributed by atoms with Crippen molar-refractivity contribution in [1.82, 2.24) is 5.32 Å². The van der Waals surface area contributed by atoms with Crippen LogP contribution in [0.15, 0.2) is 18.2 Å². The average Bonchev–Trinajstić information content (AvgIpc) is 2.69. The van der Waals surface area contributed by atoms with E-state index in [1.54, 1.807) is 37.2 Å². The number of anilines is 1. The van der Waals surface area contributed by atoms with Crippen LogP contribution in [-0.4, -0.2) is 44.2 Å². The minimum absolute atomic E-state index is 0.0344. The van der Waals surface area contributed by atoms with Crippen LogP contribution >= 0.6 is 0 Å². The van der Waals surface area contributed by atoms with E-state index in [1.165, 1.54) is 7.11 Å². The zero-order valence-corrected chi connectivity index (χ0v) is 13.3. The molecule has 120 valence electrons. The lowest BCUT2D eigenvalue weighted by Crippen LogP contribution is -2.40. The number of fused-ring (bicyclic) bond motifs is 1. The van der Waals surface area contributed by atoms with Crippen LogP contribution in [0.1, 0.15) is 25.3 Å². The summed E-state index contributed by atoms with van der Waals surface area (Å²) in [4.78, 5) is 25.9. The van der Waals surface area contributed by atoms with Crippen molar-refractivity contribution in [2.75, 3.05) is 26.1 Å². The lowest BCUT2D eigenvalue weighted by Gasteiger charge is -2.25. The number of nitrogens with zero attached hydrogens (tertiary/aromatic N) is 1.